The largest absolute Gasteiger partial charge is 0.304 e. The van der Waals surface area contributed by atoms with E-state index < -0.39 is 0 Å². The maximum Gasteiger partial charge on any atom is 0.165 e. The Hall–Kier alpha value is -4.05. The predicted molar refractivity (Wildman–Crippen MR) is 222 cm³/mol. The minimum atomic E-state index is 0. The smallest absolute Gasteiger partial charge is 0.165 e. The van der Waals surface area contributed by atoms with Crippen LogP contribution in [-0.2, 0) is 31.9 Å². The third-order valence-electron chi connectivity index (χ3n) is 11.4. The number of fused-ring (bicyclic) bond motifs is 4. The van der Waals surface area contributed by atoms with Crippen LogP contribution in [0.15, 0.2) is 97.2 Å². The standard InChI is InChI=1S/C49H55N4.Ir/c1-4-7-9-11-13-19-32-49(33-20-14-12-10-8-5-2)43-27-18-17-25-40(43)41-30-28-37(34-44(41)49)45-31-29-38(35-50-45)47-51-46(6-3)52-48(53-47)42-26-21-23-36-22-15-16-24-39(36)42;/h15-18,21-27,29-31,34-35H,4-14,19-20,32-33H2,1-3H3;/q-1;. The number of hydrogen-bond acceptors (Lipinski definition) is 4. The van der Waals surface area contributed by atoms with E-state index in [0.717, 1.165) is 40.0 Å². The van der Waals surface area contributed by atoms with E-state index in [1.165, 1.54) is 118 Å². The molecule has 6 aromatic rings. The zero-order chi connectivity index (χ0) is 36.5. The Kier molecular flexibility index (Phi) is 14.0. The summed E-state index contributed by atoms with van der Waals surface area (Å²) >= 11 is 0. The molecule has 1 radical (unpaired) electrons. The second-order valence-corrected chi connectivity index (χ2v) is 15.0. The third-order valence-corrected chi connectivity index (χ3v) is 11.4. The molecule has 1 aliphatic rings. The normalized spacial score (nSPS) is 12.7. The van der Waals surface area contributed by atoms with Crippen molar-refractivity contribution in [2.75, 3.05) is 0 Å². The van der Waals surface area contributed by atoms with Gasteiger partial charge in [-0.25, -0.2) is 15.0 Å². The van der Waals surface area contributed by atoms with Gasteiger partial charge in [-0.2, -0.15) is 0 Å². The molecule has 4 aromatic carbocycles. The fraction of sp³-hybridized carbons (Fsp3) is 0.388. The Labute approximate surface area is 337 Å². The van der Waals surface area contributed by atoms with Crippen LogP contribution in [0.2, 0.25) is 0 Å². The summed E-state index contributed by atoms with van der Waals surface area (Å²) in [6.07, 6.45) is 20.8. The van der Waals surface area contributed by atoms with Crippen molar-refractivity contribution in [3.8, 4) is 45.2 Å². The predicted octanol–water partition coefficient (Wildman–Crippen LogP) is 13.5. The molecule has 0 N–H and O–H groups in total. The van der Waals surface area contributed by atoms with Crippen molar-refractivity contribution >= 4 is 10.8 Å². The van der Waals surface area contributed by atoms with Crippen LogP contribution in [0.1, 0.15) is 128 Å². The number of aryl methyl sites for hydroxylation is 1. The summed E-state index contributed by atoms with van der Waals surface area (Å²) in [6, 6.07) is 36.5. The molecule has 0 unspecified atom stereocenters. The molecule has 0 bridgehead atoms. The van der Waals surface area contributed by atoms with Crippen molar-refractivity contribution in [2.45, 2.75) is 122 Å². The number of rotatable bonds is 18. The molecule has 2 aromatic heterocycles. The maximum atomic E-state index is 5.03. The number of benzene rings is 4. The number of hydrogen-bond donors (Lipinski definition) is 0. The number of unbranched alkanes of at least 4 members (excludes halogenated alkanes) is 10. The summed E-state index contributed by atoms with van der Waals surface area (Å²) in [4.78, 5) is 19.7. The Morgan fingerprint density at radius 2 is 1.22 bits per heavy atom. The van der Waals surface area contributed by atoms with Gasteiger partial charge in [0.2, 0.25) is 0 Å². The first-order chi connectivity index (χ1) is 26.1. The van der Waals surface area contributed by atoms with E-state index in [-0.39, 0.29) is 25.5 Å². The SMILES string of the molecule is CCCCCCCCC1(CCCCCCCC)c2ccccc2-c2c[c-]c(-c3ccc(-c4nc(CC)nc(-c5cccc6ccccc56)n4)cn3)cc21.[Ir]. The van der Waals surface area contributed by atoms with Crippen LogP contribution in [0.3, 0.4) is 0 Å². The minimum absolute atomic E-state index is 0. The summed E-state index contributed by atoms with van der Waals surface area (Å²) in [6.45, 7) is 6.70. The molecule has 0 saturated heterocycles. The Bertz CT molecular complexity index is 2100. The zero-order valence-electron chi connectivity index (χ0n) is 32.5. The van der Waals surface area contributed by atoms with Crippen molar-refractivity contribution in [1.29, 1.82) is 0 Å². The monoisotopic (exact) mass is 892 g/mol. The van der Waals surface area contributed by atoms with Gasteiger partial charge in [-0.15, -0.1) is 29.3 Å². The van der Waals surface area contributed by atoms with Crippen LogP contribution >= 0.6 is 0 Å². The van der Waals surface area contributed by atoms with E-state index in [1.807, 2.05) is 6.20 Å². The molecule has 0 aliphatic heterocycles. The van der Waals surface area contributed by atoms with E-state index in [1.54, 1.807) is 0 Å². The summed E-state index contributed by atoms with van der Waals surface area (Å²) in [5, 5.41) is 2.31. The van der Waals surface area contributed by atoms with E-state index in [0.29, 0.717) is 11.6 Å². The molecule has 54 heavy (non-hydrogen) atoms. The van der Waals surface area contributed by atoms with Crippen LogP contribution in [0.5, 0.6) is 0 Å². The molecule has 4 nitrogen and oxygen atoms in total. The zero-order valence-corrected chi connectivity index (χ0v) is 34.9. The second-order valence-electron chi connectivity index (χ2n) is 15.0. The van der Waals surface area contributed by atoms with Crippen LogP contribution in [0.25, 0.3) is 55.9 Å². The first-order valence-electron chi connectivity index (χ1n) is 20.5. The quantitative estimate of drug-likeness (QED) is 0.0637. The fourth-order valence-corrected chi connectivity index (χ4v) is 8.55. The van der Waals surface area contributed by atoms with Crippen molar-refractivity contribution < 1.29 is 20.1 Å². The van der Waals surface area contributed by atoms with Crippen molar-refractivity contribution in [3.05, 3.63) is 120 Å². The van der Waals surface area contributed by atoms with Gasteiger partial charge < -0.3 is 4.98 Å². The summed E-state index contributed by atoms with van der Waals surface area (Å²) in [5.41, 5.74) is 9.68. The van der Waals surface area contributed by atoms with Crippen LogP contribution in [0, 0.1) is 6.07 Å². The average Bonchev–Trinajstić information content (AvgIpc) is 3.48. The number of pyridine rings is 1. The van der Waals surface area contributed by atoms with Gasteiger partial charge >= 0.3 is 0 Å². The van der Waals surface area contributed by atoms with Crippen molar-refractivity contribution in [3.63, 3.8) is 0 Å². The molecular weight excluding hydrogens is 837 g/mol. The Morgan fingerprint density at radius 3 is 1.94 bits per heavy atom. The maximum absolute atomic E-state index is 5.03. The second kappa shape index (κ2) is 19.0. The third kappa shape index (κ3) is 8.59. The average molecular weight is 892 g/mol. The fourth-order valence-electron chi connectivity index (χ4n) is 8.55. The first kappa shape index (κ1) is 39.6. The molecule has 5 heteroatoms. The van der Waals surface area contributed by atoms with Crippen LogP contribution < -0.4 is 0 Å². The van der Waals surface area contributed by atoms with Gasteiger partial charge in [0, 0.05) is 49.3 Å². The Balaban J connectivity index is 0.00000497. The number of nitrogens with zero attached hydrogens (tertiary/aromatic N) is 4. The van der Waals surface area contributed by atoms with E-state index in [4.69, 9.17) is 19.9 Å². The molecule has 2 heterocycles. The van der Waals surface area contributed by atoms with Gasteiger partial charge in [-0.1, -0.05) is 188 Å². The van der Waals surface area contributed by atoms with Gasteiger partial charge in [-0.05, 0) is 34.9 Å². The van der Waals surface area contributed by atoms with Crippen molar-refractivity contribution in [2.24, 2.45) is 0 Å². The molecule has 0 fully saturated rings. The van der Waals surface area contributed by atoms with Gasteiger partial charge in [0.25, 0.3) is 0 Å². The van der Waals surface area contributed by atoms with Crippen LogP contribution in [0.4, 0.5) is 0 Å². The summed E-state index contributed by atoms with van der Waals surface area (Å²) in [7, 11) is 0. The van der Waals surface area contributed by atoms with E-state index in [9.17, 15) is 0 Å². The molecule has 7 rings (SSSR count). The van der Waals surface area contributed by atoms with E-state index in [2.05, 4.69) is 118 Å². The van der Waals surface area contributed by atoms with Gasteiger partial charge in [0.05, 0.1) is 0 Å². The van der Waals surface area contributed by atoms with Crippen LogP contribution in [-0.4, -0.2) is 19.9 Å². The molecule has 0 saturated carbocycles. The molecule has 0 spiro atoms. The Morgan fingerprint density at radius 1 is 0.574 bits per heavy atom. The van der Waals surface area contributed by atoms with Gasteiger partial charge in [0.15, 0.2) is 11.6 Å². The molecular formula is C49H55IrN4-. The van der Waals surface area contributed by atoms with E-state index >= 15 is 0 Å². The molecule has 0 amide bonds. The van der Waals surface area contributed by atoms with Gasteiger partial charge in [-0.3, -0.25) is 0 Å². The topological polar surface area (TPSA) is 51.6 Å². The van der Waals surface area contributed by atoms with Gasteiger partial charge in [0.1, 0.15) is 5.82 Å². The number of aromatic nitrogens is 4. The first-order valence-corrected chi connectivity index (χ1v) is 20.5. The summed E-state index contributed by atoms with van der Waals surface area (Å²) in [5.74, 6) is 2.14. The van der Waals surface area contributed by atoms with Crippen molar-refractivity contribution in [1.82, 2.24) is 19.9 Å². The molecule has 281 valence electrons. The summed E-state index contributed by atoms with van der Waals surface area (Å²) < 4.78 is 0. The minimum Gasteiger partial charge on any atom is -0.304 e. The molecule has 0 atom stereocenters. The molecule has 1 aliphatic carbocycles.